The summed E-state index contributed by atoms with van der Waals surface area (Å²) >= 11 is 6.41. The summed E-state index contributed by atoms with van der Waals surface area (Å²) in [6, 6.07) is 4.84. The summed E-state index contributed by atoms with van der Waals surface area (Å²) in [5.74, 6) is -0.684. The minimum absolute atomic E-state index is 0.0489. The quantitative estimate of drug-likeness (QED) is 0.685. The summed E-state index contributed by atoms with van der Waals surface area (Å²) in [4.78, 5) is 13.1. The Morgan fingerprint density at radius 3 is 2.40 bits per heavy atom. The SMILES string of the molecule is CC(C)CN(CC(F)(F)F)C(=O)c1cc(Br)ccc1Br. The third-order valence-electron chi connectivity index (χ3n) is 2.40. The Bertz CT molecular complexity index is 489. The third-order valence-corrected chi connectivity index (χ3v) is 3.59. The minimum atomic E-state index is -4.41. The summed E-state index contributed by atoms with van der Waals surface area (Å²) < 4.78 is 38.9. The molecular weight excluding hydrogens is 403 g/mol. The summed E-state index contributed by atoms with van der Waals surface area (Å²) in [5.41, 5.74) is 0.212. The van der Waals surface area contributed by atoms with Crippen LogP contribution >= 0.6 is 31.9 Å². The third kappa shape index (κ3) is 5.44. The molecular formula is C13H14Br2F3NO. The Kier molecular flexibility index (Phi) is 6.06. The predicted octanol–water partition coefficient (Wildman–Crippen LogP) is 4.87. The number of nitrogens with zero attached hydrogens (tertiary/aromatic N) is 1. The van der Waals surface area contributed by atoms with Crippen molar-refractivity contribution >= 4 is 37.8 Å². The van der Waals surface area contributed by atoms with Gasteiger partial charge in [0, 0.05) is 15.5 Å². The van der Waals surface area contributed by atoms with Crippen LogP contribution in [0.3, 0.4) is 0 Å². The van der Waals surface area contributed by atoms with Gasteiger partial charge in [-0.2, -0.15) is 13.2 Å². The number of hydrogen-bond acceptors (Lipinski definition) is 1. The molecule has 2 nitrogen and oxygen atoms in total. The van der Waals surface area contributed by atoms with E-state index in [0.29, 0.717) is 8.95 Å². The van der Waals surface area contributed by atoms with Crippen LogP contribution in [0.5, 0.6) is 0 Å². The molecule has 0 unspecified atom stereocenters. The van der Waals surface area contributed by atoms with E-state index in [4.69, 9.17) is 0 Å². The van der Waals surface area contributed by atoms with Crippen LogP contribution in [0.2, 0.25) is 0 Å². The van der Waals surface area contributed by atoms with Gasteiger partial charge in [0.25, 0.3) is 5.91 Å². The normalized spacial score (nSPS) is 11.8. The summed E-state index contributed by atoms with van der Waals surface area (Å²) in [7, 11) is 0. The number of hydrogen-bond donors (Lipinski definition) is 0. The first-order valence-electron chi connectivity index (χ1n) is 5.91. The molecule has 0 atom stereocenters. The van der Waals surface area contributed by atoms with Crippen LogP contribution in [0.25, 0.3) is 0 Å². The van der Waals surface area contributed by atoms with Crippen molar-refractivity contribution in [2.75, 3.05) is 13.1 Å². The largest absolute Gasteiger partial charge is 0.406 e. The highest BCUT2D eigenvalue weighted by atomic mass is 79.9. The highest BCUT2D eigenvalue weighted by molar-refractivity contribution is 9.11. The highest BCUT2D eigenvalue weighted by Crippen LogP contribution is 2.25. The molecule has 0 saturated carbocycles. The van der Waals surface area contributed by atoms with Gasteiger partial charge in [-0.05, 0) is 40.0 Å². The monoisotopic (exact) mass is 415 g/mol. The second kappa shape index (κ2) is 6.93. The first-order valence-corrected chi connectivity index (χ1v) is 7.50. The molecule has 0 aliphatic rings. The first-order chi connectivity index (χ1) is 9.10. The number of alkyl halides is 3. The zero-order valence-corrected chi connectivity index (χ0v) is 14.1. The summed E-state index contributed by atoms with van der Waals surface area (Å²) in [5, 5.41) is 0. The molecule has 1 rings (SSSR count). The molecule has 0 heterocycles. The molecule has 0 radical (unpaired) electrons. The van der Waals surface area contributed by atoms with Gasteiger partial charge < -0.3 is 4.90 Å². The molecule has 1 amide bonds. The fourth-order valence-electron chi connectivity index (χ4n) is 1.71. The lowest BCUT2D eigenvalue weighted by molar-refractivity contribution is -0.141. The standard InChI is InChI=1S/C13H14Br2F3NO/c1-8(2)6-19(7-13(16,17)18)12(20)10-5-9(14)3-4-11(10)15/h3-5,8H,6-7H2,1-2H3. The van der Waals surface area contributed by atoms with Gasteiger partial charge in [-0.25, -0.2) is 0 Å². The maximum atomic E-state index is 12.6. The Morgan fingerprint density at radius 2 is 1.90 bits per heavy atom. The van der Waals surface area contributed by atoms with E-state index in [9.17, 15) is 18.0 Å². The molecule has 0 N–H and O–H groups in total. The van der Waals surface area contributed by atoms with Crippen LogP contribution in [-0.4, -0.2) is 30.1 Å². The molecule has 1 aromatic carbocycles. The molecule has 0 spiro atoms. The van der Waals surface area contributed by atoms with Crippen molar-refractivity contribution in [1.82, 2.24) is 4.90 Å². The average molecular weight is 417 g/mol. The van der Waals surface area contributed by atoms with Crippen molar-refractivity contribution in [3.63, 3.8) is 0 Å². The second-order valence-electron chi connectivity index (χ2n) is 4.82. The number of amides is 1. The lowest BCUT2D eigenvalue weighted by Gasteiger charge is -2.26. The zero-order valence-electron chi connectivity index (χ0n) is 11.0. The van der Waals surface area contributed by atoms with E-state index in [2.05, 4.69) is 31.9 Å². The van der Waals surface area contributed by atoms with E-state index >= 15 is 0 Å². The van der Waals surface area contributed by atoms with Gasteiger partial charge in [0.15, 0.2) is 0 Å². The second-order valence-corrected chi connectivity index (χ2v) is 6.59. The topological polar surface area (TPSA) is 20.3 Å². The van der Waals surface area contributed by atoms with Crippen molar-refractivity contribution in [3.05, 3.63) is 32.7 Å². The molecule has 0 aliphatic heterocycles. The number of rotatable bonds is 4. The van der Waals surface area contributed by atoms with E-state index in [1.807, 2.05) is 0 Å². The van der Waals surface area contributed by atoms with Crippen molar-refractivity contribution < 1.29 is 18.0 Å². The molecule has 0 aliphatic carbocycles. The van der Waals surface area contributed by atoms with Gasteiger partial charge in [0.2, 0.25) is 0 Å². The lowest BCUT2D eigenvalue weighted by atomic mass is 10.1. The van der Waals surface area contributed by atoms with Crippen LogP contribution in [-0.2, 0) is 0 Å². The van der Waals surface area contributed by atoms with E-state index in [0.717, 1.165) is 4.90 Å². The van der Waals surface area contributed by atoms with Crippen LogP contribution in [0.1, 0.15) is 24.2 Å². The van der Waals surface area contributed by atoms with Crippen LogP contribution in [0, 0.1) is 5.92 Å². The van der Waals surface area contributed by atoms with E-state index < -0.39 is 18.6 Å². The summed E-state index contributed by atoms with van der Waals surface area (Å²) in [6.07, 6.45) is -4.41. The molecule has 1 aromatic rings. The fraction of sp³-hybridized carbons (Fsp3) is 0.462. The van der Waals surface area contributed by atoms with Crippen molar-refractivity contribution in [3.8, 4) is 0 Å². The number of carbonyl (C=O) groups excluding carboxylic acids is 1. The minimum Gasteiger partial charge on any atom is -0.329 e. The Labute approximate surface area is 132 Å². The Balaban J connectivity index is 3.06. The smallest absolute Gasteiger partial charge is 0.329 e. The molecule has 7 heteroatoms. The summed E-state index contributed by atoms with van der Waals surface area (Å²) in [6.45, 7) is 2.35. The van der Waals surface area contributed by atoms with Crippen LogP contribution in [0.4, 0.5) is 13.2 Å². The van der Waals surface area contributed by atoms with Crippen molar-refractivity contribution in [2.24, 2.45) is 5.92 Å². The fourth-order valence-corrected chi connectivity index (χ4v) is 2.49. The van der Waals surface area contributed by atoms with Gasteiger partial charge in [-0.15, -0.1) is 0 Å². The Hall–Kier alpha value is -0.560. The Morgan fingerprint density at radius 1 is 1.30 bits per heavy atom. The van der Waals surface area contributed by atoms with Crippen LogP contribution in [0.15, 0.2) is 27.1 Å². The lowest BCUT2D eigenvalue weighted by Crippen LogP contribution is -2.41. The van der Waals surface area contributed by atoms with Gasteiger partial charge in [0.1, 0.15) is 6.54 Å². The first kappa shape index (κ1) is 17.5. The van der Waals surface area contributed by atoms with Crippen molar-refractivity contribution in [1.29, 1.82) is 0 Å². The van der Waals surface area contributed by atoms with Crippen molar-refractivity contribution in [2.45, 2.75) is 20.0 Å². The zero-order chi connectivity index (χ0) is 15.5. The van der Waals surface area contributed by atoms with Gasteiger partial charge >= 0.3 is 6.18 Å². The highest BCUT2D eigenvalue weighted by Gasteiger charge is 2.34. The maximum Gasteiger partial charge on any atom is 0.406 e. The molecule has 0 bridgehead atoms. The van der Waals surface area contributed by atoms with Crippen LogP contribution < -0.4 is 0 Å². The van der Waals surface area contributed by atoms with E-state index in [1.165, 1.54) is 6.07 Å². The number of carbonyl (C=O) groups is 1. The number of halogens is 5. The predicted molar refractivity (Wildman–Crippen MR) is 78.6 cm³/mol. The molecule has 20 heavy (non-hydrogen) atoms. The van der Waals surface area contributed by atoms with E-state index in [-0.39, 0.29) is 18.0 Å². The maximum absolute atomic E-state index is 12.6. The number of benzene rings is 1. The molecule has 0 saturated heterocycles. The van der Waals surface area contributed by atoms with Gasteiger partial charge in [-0.3, -0.25) is 4.79 Å². The molecule has 0 fully saturated rings. The van der Waals surface area contributed by atoms with Gasteiger partial charge in [0.05, 0.1) is 5.56 Å². The molecule has 112 valence electrons. The van der Waals surface area contributed by atoms with E-state index in [1.54, 1.807) is 26.0 Å². The van der Waals surface area contributed by atoms with Gasteiger partial charge in [-0.1, -0.05) is 29.8 Å². The average Bonchev–Trinajstić information content (AvgIpc) is 2.28. The molecule has 0 aromatic heterocycles.